The first-order valence-corrected chi connectivity index (χ1v) is 8.70. The number of hydrogen-bond acceptors (Lipinski definition) is 4. The summed E-state index contributed by atoms with van der Waals surface area (Å²) >= 11 is 6.16. The summed E-state index contributed by atoms with van der Waals surface area (Å²) in [7, 11) is 0. The summed E-state index contributed by atoms with van der Waals surface area (Å²) in [4.78, 5) is 35.5. The van der Waals surface area contributed by atoms with Crippen molar-refractivity contribution in [1.82, 2.24) is 0 Å². The van der Waals surface area contributed by atoms with Gasteiger partial charge in [-0.25, -0.2) is 0 Å². The third-order valence-electron chi connectivity index (χ3n) is 4.16. The molecule has 0 radical (unpaired) electrons. The van der Waals surface area contributed by atoms with E-state index in [0.29, 0.717) is 16.8 Å². The molecular formula is C21H15ClN2O4. The molecule has 1 N–H and O–H groups in total. The summed E-state index contributed by atoms with van der Waals surface area (Å²) in [6.07, 6.45) is 0. The van der Waals surface area contributed by atoms with Crippen LogP contribution in [0.15, 0.2) is 66.7 Å². The number of aryl methyl sites for hydroxylation is 1. The van der Waals surface area contributed by atoms with Crippen molar-refractivity contribution >= 4 is 34.7 Å². The minimum absolute atomic E-state index is 0.0567. The summed E-state index contributed by atoms with van der Waals surface area (Å²) in [5, 5.41) is 13.9. The van der Waals surface area contributed by atoms with Crippen LogP contribution in [-0.4, -0.2) is 16.6 Å². The van der Waals surface area contributed by atoms with E-state index in [1.54, 1.807) is 43.3 Å². The smallest absolute Gasteiger partial charge is 0.272 e. The van der Waals surface area contributed by atoms with Gasteiger partial charge in [-0.1, -0.05) is 41.9 Å². The van der Waals surface area contributed by atoms with Crippen LogP contribution < -0.4 is 5.32 Å². The van der Waals surface area contributed by atoms with Crippen LogP contribution in [0.5, 0.6) is 0 Å². The monoisotopic (exact) mass is 394 g/mol. The summed E-state index contributed by atoms with van der Waals surface area (Å²) in [5.74, 6) is -0.702. The van der Waals surface area contributed by atoms with Crippen molar-refractivity contribution in [2.75, 3.05) is 5.32 Å². The van der Waals surface area contributed by atoms with Gasteiger partial charge in [0, 0.05) is 34.0 Å². The number of ketones is 1. The van der Waals surface area contributed by atoms with Crippen molar-refractivity contribution < 1.29 is 14.5 Å². The number of halogens is 1. The van der Waals surface area contributed by atoms with Crippen LogP contribution >= 0.6 is 11.6 Å². The average molecular weight is 395 g/mol. The van der Waals surface area contributed by atoms with E-state index in [-0.39, 0.29) is 27.6 Å². The lowest BCUT2D eigenvalue weighted by atomic mass is 10.0. The highest BCUT2D eigenvalue weighted by molar-refractivity contribution is 6.35. The average Bonchev–Trinajstić information content (AvgIpc) is 2.69. The van der Waals surface area contributed by atoms with Crippen molar-refractivity contribution in [3.05, 3.63) is 104 Å². The second-order valence-electron chi connectivity index (χ2n) is 6.10. The van der Waals surface area contributed by atoms with Crippen molar-refractivity contribution in [2.24, 2.45) is 0 Å². The third-order valence-corrected chi connectivity index (χ3v) is 4.49. The number of nitrogens with zero attached hydrogens (tertiary/aromatic N) is 1. The first-order valence-electron chi connectivity index (χ1n) is 8.32. The zero-order valence-corrected chi connectivity index (χ0v) is 15.6. The Kier molecular flexibility index (Phi) is 5.52. The van der Waals surface area contributed by atoms with Gasteiger partial charge in [0.15, 0.2) is 5.78 Å². The SMILES string of the molecule is Cc1cc(C(=O)Nc2ccc(Cl)c(C(=O)c3ccccc3)c2)ccc1[N+](=O)[O-]. The van der Waals surface area contributed by atoms with E-state index in [1.165, 1.54) is 30.3 Å². The number of amides is 1. The maximum Gasteiger partial charge on any atom is 0.272 e. The number of benzene rings is 3. The molecule has 3 aromatic carbocycles. The summed E-state index contributed by atoms with van der Waals surface area (Å²) in [6.45, 7) is 1.56. The Labute approximate surface area is 165 Å². The van der Waals surface area contributed by atoms with Gasteiger partial charge in [0.25, 0.3) is 11.6 Å². The van der Waals surface area contributed by atoms with Crippen LogP contribution in [0.25, 0.3) is 0 Å². The van der Waals surface area contributed by atoms with Gasteiger partial charge < -0.3 is 5.32 Å². The van der Waals surface area contributed by atoms with Crippen molar-refractivity contribution in [1.29, 1.82) is 0 Å². The van der Waals surface area contributed by atoms with Gasteiger partial charge in [-0.05, 0) is 37.3 Å². The van der Waals surface area contributed by atoms with Gasteiger partial charge in [-0.15, -0.1) is 0 Å². The van der Waals surface area contributed by atoms with Crippen molar-refractivity contribution in [3.63, 3.8) is 0 Å². The molecule has 3 rings (SSSR count). The summed E-state index contributed by atoms with van der Waals surface area (Å²) in [5.41, 5.74) is 1.75. The van der Waals surface area contributed by atoms with Gasteiger partial charge in [-0.3, -0.25) is 19.7 Å². The molecule has 0 bridgehead atoms. The molecule has 0 spiro atoms. The molecule has 1 amide bonds. The maximum absolute atomic E-state index is 12.7. The fourth-order valence-electron chi connectivity index (χ4n) is 2.73. The van der Waals surface area contributed by atoms with Crippen LogP contribution in [0, 0.1) is 17.0 Å². The minimum Gasteiger partial charge on any atom is -0.322 e. The molecule has 6 nitrogen and oxygen atoms in total. The molecular weight excluding hydrogens is 380 g/mol. The Morgan fingerprint density at radius 3 is 2.32 bits per heavy atom. The summed E-state index contributed by atoms with van der Waals surface area (Å²) in [6, 6.07) is 17.4. The Morgan fingerprint density at radius 2 is 1.68 bits per heavy atom. The second-order valence-corrected chi connectivity index (χ2v) is 6.51. The van der Waals surface area contributed by atoms with E-state index in [0.717, 1.165) is 0 Å². The largest absolute Gasteiger partial charge is 0.322 e. The molecule has 0 saturated heterocycles. The quantitative estimate of drug-likeness (QED) is 0.373. The standard InChI is InChI=1S/C21H15ClN2O4/c1-13-11-15(7-10-19(13)24(27)28)21(26)23-16-8-9-18(22)17(12-16)20(25)14-5-3-2-4-6-14/h2-12H,1H3,(H,23,26). The highest BCUT2D eigenvalue weighted by Gasteiger charge is 2.16. The molecule has 0 aliphatic carbocycles. The number of carbonyl (C=O) groups excluding carboxylic acids is 2. The zero-order chi connectivity index (χ0) is 20.3. The molecule has 7 heteroatoms. The van der Waals surface area contributed by atoms with E-state index in [4.69, 9.17) is 11.6 Å². The number of anilines is 1. The van der Waals surface area contributed by atoms with Crippen LogP contribution in [0.4, 0.5) is 11.4 Å². The molecule has 0 aliphatic rings. The van der Waals surface area contributed by atoms with Gasteiger partial charge in [0.05, 0.1) is 9.95 Å². The minimum atomic E-state index is -0.502. The highest BCUT2D eigenvalue weighted by atomic mass is 35.5. The number of hydrogen-bond donors (Lipinski definition) is 1. The lowest BCUT2D eigenvalue weighted by Crippen LogP contribution is -2.13. The van der Waals surface area contributed by atoms with Crippen LogP contribution in [-0.2, 0) is 0 Å². The van der Waals surface area contributed by atoms with Crippen LogP contribution in [0.3, 0.4) is 0 Å². The highest BCUT2D eigenvalue weighted by Crippen LogP contribution is 2.25. The lowest BCUT2D eigenvalue weighted by molar-refractivity contribution is -0.385. The molecule has 0 fully saturated rings. The predicted molar refractivity (Wildman–Crippen MR) is 107 cm³/mol. The molecule has 3 aromatic rings. The Balaban J connectivity index is 1.85. The van der Waals surface area contributed by atoms with Gasteiger partial charge in [0.1, 0.15) is 0 Å². The van der Waals surface area contributed by atoms with E-state index in [2.05, 4.69) is 5.32 Å². The maximum atomic E-state index is 12.7. The Morgan fingerprint density at radius 1 is 0.964 bits per heavy atom. The normalized spacial score (nSPS) is 10.4. The molecule has 140 valence electrons. The predicted octanol–water partition coefficient (Wildman–Crippen LogP) is 5.04. The van der Waals surface area contributed by atoms with Gasteiger partial charge in [-0.2, -0.15) is 0 Å². The molecule has 0 aromatic heterocycles. The van der Waals surface area contributed by atoms with E-state index >= 15 is 0 Å². The van der Waals surface area contributed by atoms with Crippen LogP contribution in [0.1, 0.15) is 31.8 Å². The van der Waals surface area contributed by atoms with Gasteiger partial charge in [0.2, 0.25) is 0 Å². The number of nitrogens with one attached hydrogen (secondary N) is 1. The van der Waals surface area contributed by atoms with E-state index < -0.39 is 10.8 Å². The Hall–Kier alpha value is -3.51. The fraction of sp³-hybridized carbons (Fsp3) is 0.0476. The fourth-order valence-corrected chi connectivity index (χ4v) is 2.93. The first-order chi connectivity index (χ1) is 13.4. The molecule has 0 aliphatic heterocycles. The molecule has 28 heavy (non-hydrogen) atoms. The number of nitro groups is 1. The molecule has 0 atom stereocenters. The molecule has 0 saturated carbocycles. The Bertz CT molecular complexity index is 1080. The first kappa shape index (κ1) is 19.3. The molecule has 0 heterocycles. The summed E-state index contributed by atoms with van der Waals surface area (Å²) < 4.78 is 0. The molecule has 0 unspecified atom stereocenters. The topological polar surface area (TPSA) is 89.3 Å². The van der Waals surface area contributed by atoms with E-state index in [1.807, 2.05) is 0 Å². The number of rotatable bonds is 5. The van der Waals surface area contributed by atoms with Crippen LogP contribution in [0.2, 0.25) is 5.02 Å². The number of carbonyl (C=O) groups is 2. The third kappa shape index (κ3) is 4.07. The van der Waals surface area contributed by atoms with E-state index in [9.17, 15) is 19.7 Å². The second kappa shape index (κ2) is 8.02. The lowest BCUT2D eigenvalue weighted by Gasteiger charge is -2.09. The number of nitro benzene ring substituents is 1. The van der Waals surface area contributed by atoms with Crippen molar-refractivity contribution in [3.8, 4) is 0 Å². The zero-order valence-electron chi connectivity index (χ0n) is 14.8. The van der Waals surface area contributed by atoms with Crippen molar-refractivity contribution in [2.45, 2.75) is 6.92 Å². The van der Waals surface area contributed by atoms with Gasteiger partial charge >= 0.3 is 0 Å².